The summed E-state index contributed by atoms with van der Waals surface area (Å²) in [5, 5.41) is 12.4. The molecule has 74 valence electrons. The smallest absolute Gasteiger partial charge is 0.109 e. The van der Waals surface area contributed by atoms with Gasteiger partial charge in [0.25, 0.3) is 0 Å². The number of hydrogen-bond acceptors (Lipinski definition) is 3. The fourth-order valence-corrected chi connectivity index (χ4v) is 1.48. The van der Waals surface area contributed by atoms with E-state index in [4.69, 9.17) is 10.00 Å². The van der Waals surface area contributed by atoms with Crippen LogP contribution in [0.5, 0.6) is 0 Å². The van der Waals surface area contributed by atoms with Crippen molar-refractivity contribution in [3.8, 4) is 6.07 Å². The average Bonchev–Trinajstić information content (AvgIpc) is 2.85. The van der Waals surface area contributed by atoms with Crippen LogP contribution in [0.15, 0.2) is 0 Å². The van der Waals surface area contributed by atoms with Crippen molar-refractivity contribution >= 4 is 0 Å². The van der Waals surface area contributed by atoms with Crippen molar-refractivity contribution < 1.29 is 4.74 Å². The summed E-state index contributed by atoms with van der Waals surface area (Å²) in [6.45, 7) is 5.55. The first kappa shape index (κ1) is 10.5. The van der Waals surface area contributed by atoms with Gasteiger partial charge in [-0.05, 0) is 25.2 Å². The molecule has 0 heterocycles. The molecule has 13 heavy (non-hydrogen) atoms. The first-order chi connectivity index (χ1) is 6.08. The number of nitriles is 1. The summed E-state index contributed by atoms with van der Waals surface area (Å²) >= 11 is 0. The van der Waals surface area contributed by atoms with E-state index in [2.05, 4.69) is 18.3 Å². The monoisotopic (exact) mass is 182 g/mol. The third kappa shape index (κ3) is 2.01. The van der Waals surface area contributed by atoms with Crippen molar-refractivity contribution in [3.05, 3.63) is 0 Å². The van der Waals surface area contributed by atoms with E-state index in [-0.39, 0.29) is 11.0 Å². The lowest BCUT2D eigenvalue weighted by molar-refractivity contribution is 0.181. The highest BCUT2D eigenvalue weighted by Crippen LogP contribution is 2.53. The van der Waals surface area contributed by atoms with Gasteiger partial charge in [0.2, 0.25) is 0 Å². The summed E-state index contributed by atoms with van der Waals surface area (Å²) in [6, 6.07) is 2.37. The van der Waals surface area contributed by atoms with Gasteiger partial charge in [0.05, 0.1) is 12.7 Å². The standard InChI is InChI=1S/C10H18N2O/c1-9(4-5-9)10(2,8-11)12-6-7-13-3/h12H,4-7H2,1-3H3. The molecule has 1 N–H and O–H groups in total. The molecule has 3 heteroatoms. The molecular weight excluding hydrogens is 164 g/mol. The van der Waals surface area contributed by atoms with Crippen molar-refractivity contribution in [2.75, 3.05) is 20.3 Å². The Kier molecular flexibility index (Phi) is 2.94. The Morgan fingerprint density at radius 2 is 2.23 bits per heavy atom. The van der Waals surface area contributed by atoms with E-state index in [0.717, 1.165) is 19.4 Å². The third-order valence-corrected chi connectivity index (χ3v) is 3.22. The van der Waals surface area contributed by atoms with Crippen LogP contribution in [0.1, 0.15) is 26.7 Å². The molecule has 0 bridgehead atoms. The molecule has 0 aliphatic heterocycles. The zero-order chi connectivity index (χ0) is 9.95. The predicted octanol–water partition coefficient (Wildman–Crippen LogP) is 1.30. The minimum absolute atomic E-state index is 0.176. The van der Waals surface area contributed by atoms with E-state index < -0.39 is 0 Å². The number of rotatable bonds is 5. The van der Waals surface area contributed by atoms with E-state index in [1.165, 1.54) is 0 Å². The highest BCUT2D eigenvalue weighted by Gasteiger charge is 2.53. The molecule has 1 fully saturated rings. The molecule has 0 aromatic rings. The van der Waals surface area contributed by atoms with Crippen LogP contribution in [0.4, 0.5) is 0 Å². The number of ether oxygens (including phenoxy) is 1. The molecule has 1 aliphatic rings. The van der Waals surface area contributed by atoms with Crippen LogP contribution in [-0.2, 0) is 4.74 Å². The van der Waals surface area contributed by atoms with E-state index >= 15 is 0 Å². The average molecular weight is 182 g/mol. The molecular formula is C10H18N2O. The quantitative estimate of drug-likeness (QED) is 0.652. The first-order valence-corrected chi connectivity index (χ1v) is 4.73. The Morgan fingerprint density at radius 1 is 1.62 bits per heavy atom. The number of methoxy groups -OCH3 is 1. The lowest BCUT2D eigenvalue weighted by atomic mass is 9.85. The summed E-state index contributed by atoms with van der Waals surface area (Å²) in [4.78, 5) is 0. The van der Waals surface area contributed by atoms with Crippen LogP contribution < -0.4 is 5.32 Å². The van der Waals surface area contributed by atoms with E-state index in [1.54, 1.807) is 7.11 Å². The Labute approximate surface area is 80.1 Å². The molecule has 3 nitrogen and oxygen atoms in total. The Morgan fingerprint density at radius 3 is 2.62 bits per heavy atom. The van der Waals surface area contributed by atoms with Gasteiger partial charge in [-0.25, -0.2) is 0 Å². The van der Waals surface area contributed by atoms with Gasteiger partial charge in [0, 0.05) is 13.7 Å². The molecule has 0 spiro atoms. The topological polar surface area (TPSA) is 45.0 Å². The second-order valence-electron chi connectivity index (χ2n) is 4.22. The zero-order valence-corrected chi connectivity index (χ0v) is 8.68. The molecule has 1 saturated carbocycles. The van der Waals surface area contributed by atoms with Gasteiger partial charge in [0.1, 0.15) is 5.54 Å². The lowest BCUT2D eigenvalue weighted by Crippen LogP contribution is -2.49. The third-order valence-electron chi connectivity index (χ3n) is 3.22. The summed E-state index contributed by atoms with van der Waals surface area (Å²) < 4.78 is 4.94. The molecule has 0 saturated heterocycles. The van der Waals surface area contributed by atoms with Crippen LogP contribution >= 0.6 is 0 Å². The Balaban J connectivity index is 2.46. The van der Waals surface area contributed by atoms with Gasteiger partial charge in [0.15, 0.2) is 0 Å². The highest BCUT2D eigenvalue weighted by molar-refractivity contribution is 5.19. The molecule has 0 aromatic carbocycles. The summed E-state index contributed by atoms with van der Waals surface area (Å²) in [7, 11) is 1.67. The van der Waals surface area contributed by atoms with Crippen molar-refractivity contribution in [3.63, 3.8) is 0 Å². The van der Waals surface area contributed by atoms with Crippen LogP contribution in [0, 0.1) is 16.7 Å². The van der Waals surface area contributed by atoms with Gasteiger partial charge < -0.3 is 4.74 Å². The van der Waals surface area contributed by atoms with Gasteiger partial charge in [-0.3, -0.25) is 5.32 Å². The number of nitrogens with zero attached hydrogens (tertiary/aromatic N) is 1. The van der Waals surface area contributed by atoms with Crippen molar-refractivity contribution in [2.45, 2.75) is 32.2 Å². The minimum Gasteiger partial charge on any atom is -0.383 e. The van der Waals surface area contributed by atoms with E-state index in [9.17, 15) is 0 Å². The van der Waals surface area contributed by atoms with Crippen molar-refractivity contribution in [1.29, 1.82) is 5.26 Å². The fraction of sp³-hybridized carbons (Fsp3) is 0.900. The SMILES string of the molecule is COCCNC(C)(C#N)C1(C)CC1. The number of hydrogen-bond donors (Lipinski definition) is 1. The van der Waals surface area contributed by atoms with E-state index in [0.29, 0.717) is 6.61 Å². The predicted molar refractivity (Wildman–Crippen MR) is 51.2 cm³/mol. The van der Waals surface area contributed by atoms with Crippen LogP contribution in [0.25, 0.3) is 0 Å². The molecule has 0 amide bonds. The lowest BCUT2D eigenvalue weighted by Gasteiger charge is -2.30. The summed E-state index contributed by atoms with van der Waals surface area (Å²) in [5.41, 5.74) is -0.207. The maximum Gasteiger partial charge on any atom is 0.109 e. The van der Waals surface area contributed by atoms with Crippen LogP contribution in [0.2, 0.25) is 0 Å². The van der Waals surface area contributed by atoms with Gasteiger partial charge in [-0.15, -0.1) is 0 Å². The molecule has 1 atom stereocenters. The minimum atomic E-state index is -0.383. The highest BCUT2D eigenvalue weighted by atomic mass is 16.5. The molecule has 0 aromatic heterocycles. The second kappa shape index (κ2) is 3.65. The summed E-state index contributed by atoms with van der Waals surface area (Å²) in [5.74, 6) is 0. The van der Waals surface area contributed by atoms with Crippen molar-refractivity contribution in [2.24, 2.45) is 5.41 Å². The van der Waals surface area contributed by atoms with Gasteiger partial charge in [-0.2, -0.15) is 5.26 Å². The zero-order valence-electron chi connectivity index (χ0n) is 8.68. The normalized spacial score (nSPS) is 23.2. The number of nitrogens with one attached hydrogen (secondary N) is 1. The van der Waals surface area contributed by atoms with Crippen molar-refractivity contribution in [1.82, 2.24) is 5.32 Å². The van der Waals surface area contributed by atoms with Gasteiger partial charge in [-0.1, -0.05) is 6.92 Å². The molecule has 1 unspecified atom stereocenters. The van der Waals surface area contributed by atoms with Crippen LogP contribution in [0.3, 0.4) is 0 Å². The van der Waals surface area contributed by atoms with Crippen LogP contribution in [-0.4, -0.2) is 25.8 Å². The first-order valence-electron chi connectivity index (χ1n) is 4.73. The van der Waals surface area contributed by atoms with E-state index in [1.807, 2.05) is 6.92 Å². The molecule has 0 radical (unpaired) electrons. The van der Waals surface area contributed by atoms with Gasteiger partial charge >= 0.3 is 0 Å². The molecule has 1 rings (SSSR count). The largest absolute Gasteiger partial charge is 0.383 e. The fourth-order valence-electron chi connectivity index (χ4n) is 1.48. The second-order valence-corrected chi connectivity index (χ2v) is 4.22. The Hall–Kier alpha value is -0.590. The maximum atomic E-state index is 9.11. The Bertz CT molecular complexity index is 217. The maximum absolute atomic E-state index is 9.11. The summed E-state index contributed by atoms with van der Waals surface area (Å²) in [6.07, 6.45) is 2.30. The molecule has 1 aliphatic carbocycles.